The lowest BCUT2D eigenvalue weighted by Crippen LogP contribution is -2.43. The van der Waals surface area contributed by atoms with Gasteiger partial charge < -0.3 is 4.90 Å². The van der Waals surface area contributed by atoms with Gasteiger partial charge in [-0.15, -0.1) is 0 Å². The van der Waals surface area contributed by atoms with Crippen LogP contribution in [0.15, 0.2) is 57.9 Å². The Hall–Kier alpha value is -1.41. The van der Waals surface area contributed by atoms with Crippen LogP contribution < -0.4 is 0 Å². The second-order valence-electron chi connectivity index (χ2n) is 7.15. The van der Waals surface area contributed by atoms with Gasteiger partial charge in [-0.3, -0.25) is 4.79 Å². The van der Waals surface area contributed by atoms with Crippen LogP contribution in [-0.4, -0.2) is 43.2 Å². The van der Waals surface area contributed by atoms with Crippen molar-refractivity contribution in [1.82, 2.24) is 9.21 Å². The maximum Gasteiger partial charge on any atom is 0.243 e. The number of nitrogens with zero attached hydrogens (tertiary/aromatic N) is 2. The fraction of sp³-hybridized carbons (Fsp3) is 0.381. The predicted octanol–water partition coefficient (Wildman–Crippen LogP) is 4.70. The lowest BCUT2D eigenvalue weighted by Gasteiger charge is -2.26. The van der Waals surface area contributed by atoms with Crippen molar-refractivity contribution in [3.63, 3.8) is 0 Å². The molecule has 0 aromatic heterocycles. The fourth-order valence-corrected chi connectivity index (χ4v) is 5.11. The average Bonchev–Trinajstić information content (AvgIpc) is 2.99. The highest BCUT2D eigenvalue weighted by atomic mass is 79.9. The Bertz CT molecular complexity index is 925. The molecular formula is C21H24BrClN2O3S. The Labute approximate surface area is 185 Å². The van der Waals surface area contributed by atoms with Crippen LogP contribution in [0.25, 0.3) is 0 Å². The summed E-state index contributed by atoms with van der Waals surface area (Å²) in [6.45, 7) is 1.32. The van der Waals surface area contributed by atoms with Gasteiger partial charge in [0.05, 0.1) is 11.4 Å². The minimum atomic E-state index is -3.85. The summed E-state index contributed by atoms with van der Waals surface area (Å²) in [7, 11) is -3.85. The molecule has 0 atom stereocenters. The molecule has 2 aromatic rings. The molecule has 5 nitrogen and oxygen atoms in total. The van der Waals surface area contributed by atoms with Crippen LogP contribution in [0.2, 0.25) is 5.02 Å². The molecule has 2 aromatic carbocycles. The Kier molecular flexibility index (Phi) is 7.73. The number of likely N-dealkylation sites (tertiary alicyclic amines) is 1. The molecule has 1 aliphatic heterocycles. The van der Waals surface area contributed by atoms with Crippen LogP contribution >= 0.6 is 27.5 Å². The molecule has 1 aliphatic rings. The number of rotatable bonds is 6. The van der Waals surface area contributed by atoms with Crippen molar-refractivity contribution in [2.45, 2.75) is 37.1 Å². The van der Waals surface area contributed by atoms with Crippen LogP contribution in [0.4, 0.5) is 0 Å². The molecule has 0 spiro atoms. The van der Waals surface area contributed by atoms with E-state index >= 15 is 0 Å². The molecule has 0 aliphatic carbocycles. The number of benzene rings is 2. The van der Waals surface area contributed by atoms with Crippen LogP contribution in [0.3, 0.4) is 0 Å². The van der Waals surface area contributed by atoms with Gasteiger partial charge in [0.15, 0.2) is 0 Å². The van der Waals surface area contributed by atoms with Crippen LogP contribution in [-0.2, 0) is 21.4 Å². The largest absolute Gasteiger partial charge is 0.342 e. The van der Waals surface area contributed by atoms with Crippen molar-refractivity contribution in [2.24, 2.45) is 0 Å². The number of hydrogen-bond donors (Lipinski definition) is 0. The number of carbonyl (C=O) groups excluding carboxylic acids is 1. The third-order valence-corrected chi connectivity index (χ3v) is 7.58. The summed E-state index contributed by atoms with van der Waals surface area (Å²) < 4.78 is 28.8. The van der Waals surface area contributed by atoms with Gasteiger partial charge in [-0.25, -0.2) is 8.42 Å². The first-order chi connectivity index (χ1) is 13.9. The zero-order chi connectivity index (χ0) is 20.9. The van der Waals surface area contributed by atoms with Crippen molar-refractivity contribution in [3.05, 3.63) is 63.6 Å². The maximum absolute atomic E-state index is 13.3. The standard InChI is InChI=1S/C21H24BrClN2O3S/c22-18-7-5-17(6-8-18)15-25(16-21(26)24-13-3-1-2-4-14-24)29(27,28)20-11-9-19(23)10-12-20/h5-12H,1-4,13-16H2. The van der Waals surface area contributed by atoms with Crippen molar-refractivity contribution in [1.29, 1.82) is 0 Å². The quantitative estimate of drug-likeness (QED) is 0.579. The molecule has 8 heteroatoms. The van der Waals surface area contributed by atoms with E-state index in [9.17, 15) is 13.2 Å². The van der Waals surface area contributed by atoms with Crippen LogP contribution in [0.1, 0.15) is 31.2 Å². The highest BCUT2D eigenvalue weighted by Gasteiger charge is 2.29. The second-order valence-corrected chi connectivity index (χ2v) is 10.4. The minimum absolute atomic E-state index is 0.123. The second kappa shape index (κ2) is 10.1. The van der Waals surface area contributed by atoms with E-state index < -0.39 is 10.0 Å². The van der Waals surface area contributed by atoms with Gasteiger partial charge in [0.2, 0.25) is 15.9 Å². The van der Waals surface area contributed by atoms with Gasteiger partial charge in [-0.1, -0.05) is 52.5 Å². The summed E-state index contributed by atoms with van der Waals surface area (Å²) in [4.78, 5) is 14.8. The van der Waals surface area contributed by atoms with Crippen LogP contribution in [0, 0.1) is 0 Å². The summed E-state index contributed by atoms with van der Waals surface area (Å²) in [5.41, 5.74) is 0.814. The van der Waals surface area contributed by atoms with E-state index in [-0.39, 0.29) is 23.9 Å². The van der Waals surface area contributed by atoms with Crippen molar-refractivity contribution in [2.75, 3.05) is 19.6 Å². The Morgan fingerprint density at radius 3 is 2.14 bits per heavy atom. The normalized spacial score (nSPS) is 15.3. The maximum atomic E-state index is 13.3. The summed E-state index contributed by atoms with van der Waals surface area (Å²) in [5, 5.41) is 0.462. The molecule has 1 amide bonds. The molecule has 1 saturated heterocycles. The molecule has 156 valence electrons. The van der Waals surface area contributed by atoms with E-state index in [0.717, 1.165) is 35.7 Å². The molecule has 3 rings (SSSR count). The number of hydrogen-bond acceptors (Lipinski definition) is 3. The SMILES string of the molecule is O=C(CN(Cc1ccc(Br)cc1)S(=O)(=O)c1ccc(Cl)cc1)N1CCCCCC1. The molecule has 0 saturated carbocycles. The molecule has 0 N–H and O–H groups in total. The van der Waals surface area contributed by atoms with Gasteiger partial charge in [0, 0.05) is 29.1 Å². The van der Waals surface area contributed by atoms with E-state index in [1.54, 1.807) is 17.0 Å². The summed E-state index contributed by atoms with van der Waals surface area (Å²) in [6.07, 6.45) is 4.13. The third kappa shape index (κ3) is 6.04. The topological polar surface area (TPSA) is 57.7 Å². The molecule has 1 fully saturated rings. The first-order valence-corrected chi connectivity index (χ1v) is 12.3. The summed E-state index contributed by atoms with van der Waals surface area (Å²) in [6, 6.07) is 13.5. The smallest absolute Gasteiger partial charge is 0.243 e. The minimum Gasteiger partial charge on any atom is -0.342 e. The van der Waals surface area contributed by atoms with Crippen molar-refractivity contribution < 1.29 is 13.2 Å². The molecule has 29 heavy (non-hydrogen) atoms. The van der Waals surface area contributed by atoms with Crippen LogP contribution in [0.5, 0.6) is 0 Å². The molecule has 0 unspecified atom stereocenters. The van der Waals surface area contributed by atoms with Gasteiger partial charge in [0.25, 0.3) is 0 Å². The van der Waals surface area contributed by atoms with Crippen molar-refractivity contribution in [3.8, 4) is 0 Å². The first kappa shape index (κ1) is 22.3. The van der Waals surface area contributed by atoms with E-state index in [1.165, 1.54) is 16.4 Å². The number of halogens is 2. The zero-order valence-electron chi connectivity index (χ0n) is 16.1. The Balaban J connectivity index is 1.86. The monoisotopic (exact) mass is 498 g/mol. The highest BCUT2D eigenvalue weighted by Crippen LogP contribution is 2.22. The van der Waals surface area contributed by atoms with Gasteiger partial charge in [0.1, 0.15) is 0 Å². The van der Waals surface area contributed by atoms with Gasteiger partial charge in [-0.2, -0.15) is 4.31 Å². The summed E-state index contributed by atoms with van der Waals surface area (Å²) in [5.74, 6) is -0.151. The van der Waals surface area contributed by atoms with Crippen molar-refractivity contribution >= 4 is 43.5 Å². The Morgan fingerprint density at radius 2 is 1.55 bits per heavy atom. The number of sulfonamides is 1. The first-order valence-electron chi connectivity index (χ1n) is 9.64. The molecular weight excluding hydrogens is 476 g/mol. The Morgan fingerprint density at radius 1 is 0.966 bits per heavy atom. The third-order valence-electron chi connectivity index (χ3n) is 4.99. The molecule has 1 heterocycles. The van der Waals surface area contributed by atoms with E-state index in [2.05, 4.69) is 15.9 Å². The molecule has 0 radical (unpaired) electrons. The highest BCUT2D eigenvalue weighted by molar-refractivity contribution is 9.10. The van der Waals surface area contributed by atoms with E-state index in [0.29, 0.717) is 18.1 Å². The van der Waals surface area contributed by atoms with Gasteiger partial charge >= 0.3 is 0 Å². The fourth-order valence-electron chi connectivity index (χ4n) is 3.35. The van der Waals surface area contributed by atoms with Gasteiger partial charge in [-0.05, 0) is 54.8 Å². The van der Waals surface area contributed by atoms with E-state index in [1.807, 2.05) is 24.3 Å². The number of amides is 1. The lowest BCUT2D eigenvalue weighted by molar-refractivity contribution is -0.131. The van der Waals surface area contributed by atoms with E-state index in [4.69, 9.17) is 11.6 Å². The lowest BCUT2D eigenvalue weighted by atomic mass is 10.2. The molecule has 0 bridgehead atoms. The zero-order valence-corrected chi connectivity index (χ0v) is 19.2. The average molecular weight is 500 g/mol. The number of carbonyl (C=O) groups is 1. The predicted molar refractivity (Wildman–Crippen MR) is 118 cm³/mol. The summed E-state index contributed by atoms with van der Waals surface area (Å²) >= 11 is 9.30.